The number of nitrogens with zero attached hydrogens (tertiary/aromatic N) is 5. The molecule has 0 radical (unpaired) electrons. The SMILES string of the molecule is O=C(O)Nc1cc(N2C[C@@H](O)C[C@@H]2c2cn3cc(C4CC4)ccc3n2)ncn1. The minimum absolute atomic E-state index is 0.146. The molecule has 1 amide bonds. The normalized spacial score (nSPS) is 22.0. The molecule has 5 rings (SSSR count). The van der Waals surface area contributed by atoms with Crippen LogP contribution in [0.25, 0.3) is 5.65 Å². The number of imidazole rings is 1. The lowest BCUT2D eigenvalue weighted by Crippen LogP contribution is -2.25. The topological polar surface area (TPSA) is 116 Å². The van der Waals surface area contributed by atoms with Gasteiger partial charge in [0.25, 0.3) is 0 Å². The van der Waals surface area contributed by atoms with Gasteiger partial charge in [-0.2, -0.15) is 0 Å². The highest BCUT2D eigenvalue weighted by Crippen LogP contribution is 2.40. The molecule has 9 heteroatoms. The molecule has 0 aromatic carbocycles. The molecule has 0 unspecified atom stereocenters. The number of carbonyl (C=O) groups is 1. The van der Waals surface area contributed by atoms with E-state index in [0.717, 1.165) is 11.3 Å². The van der Waals surface area contributed by atoms with Gasteiger partial charge in [0.05, 0.1) is 17.8 Å². The standard InChI is InChI=1S/C19H20N6O3/c26-13-5-15(25(8-13)18-6-16(20-10-21-18)23-19(27)28)14-9-24-7-12(11-1-2-11)3-4-17(24)22-14/h3-4,6-7,9-11,13,15,26H,1-2,5,8H2,(H,27,28)(H,20,21,23)/t13-,15+/m0/s1. The van der Waals surface area contributed by atoms with Crippen LogP contribution in [0.1, 0.15) is 42.5 Å². The molecule has 3 N–H and O–H groups in total. The number of rotatable bonds is 4. The summed E-state index contributed by atoms with van der Waals surface area (Å²) in [5.41, 5.74) is 3.06. The van der Waals surface area contributed by atoms with Crippen molar-refractivity contribution < 1.29 is 15.0 Å². The van der Waals surface area contributed by atoms with E-state index >= 15 is 0 Å². The van der Waals surface area contributed by atoms with Gasteiger partial charge in [-0.15, -0.1) is 0 Å². The van der Waals surface area contributed by atoms with Crippen LogP contribution in [0.15, 0.2) is 36.9 Å². The van der Waals surface area contributed by atoms with Crippen molar-refractivity contribution in [1.29, 1.82) is 0 Å². The van der Waals surface area contributed by atoms with Gasteiger partial charge in [-0.25, -0.2) is 19.7 Å². The Morgan fingerprint density at radius 2 is 2.07 bits per heavy atom. The fraction of sp³-hybridized carbons (Fsp3) is 0.368. The molecular weight excluding hydrogens is 360 g/mol. The fourth-order valence-corrected chi connectivity index (χ4v) is 3.88. The van der Waals surface area contributed by atoms with Crippen LogP contribution in [0.2, 0.25) is 0 Å². The molecule has 1 aliphatic carbocycles. The van der Waals surface area contributed by atoms with Gasteiger partial charge in [-0.05, 0) is 30.4 Å². The van der Waals surface area contributed by atoms with Crippen molar-refractivity contribution in [3.05, 3.63) is 48.2 Å². The van der Waals surface area contributed by atoms with Crippen molar-refractivity contribution in [3.63, 3.8) is 0 Å². The van der Waals surface area contributed by atoms with Gasteiger partial charge in [0.2, 0.25) is 0 Å². The van der Waals surface area contributed by atoms with Gasteiger partial charge in [0.15, 0.2) is 0 Å². The highest BCUT2D eigenvalue weighted by Gasteiger charge is 2.35. The molecule has 9 nitrogen and oxygen atoms in total. The van der Waals surface area contributed by atoms with Crippen molar-refractivity contribution in [2.75, 3.05) is 16.8 Å². The number of pyridine rings is 1. The third kappa shape index (κ3) is 3.13. The van der Waals surface area contributed by atoms with Crippen LogP contribution in [-0.2, 0) is 0 Å². The Morgan fingerprint density at radius 3 is 2.86 bits per heavy atom. The third-order valence-corrected chi connectivity index (χ3v) is 5.34. The first-order valence-corrected chi connectivity index (χ1v) is 9.32. The summed E-state index contributed by atoms with van der Waals surface area (Å²) in [6.07, 6.45) is 6.79. The summed E-state index contributed by atoms with van der Waals surface area (Å²) in [6, 6.07) is 5.60. The second-order valence-electron chi connectivity index (χ2n) is 7.42. The van der Waals surface area contributed by atoms with Crippen LogP contribution in [0.3, 0.4) is 0 Å². The maximum absolute atomic E-state index is 10.9. The Labute approximate surface area is 160 Å². The zero-order chi connectivity index (χ0) is 19.3. The average Bonchev–Trinajstić information content (AvgIpc) is 3.31. The molecule has 1 saturated carbocycles. The molecule has 2 aliphatic rings. The molecule has 144 valence electrons. The number of aromatic nitrogens is 4. The number of aliphatic hydroxyl groups excluding tert-OH is 1. The molecule has 3 aromatic rings. The molecular formula is C19H20N6O3. The van der Waals surface area contributed by atoms with Crippen molar-refractivity contribution in [2.45, 2.75) is 37.3 Å². The highest BCUT2D eigenvalue weighted by molar-refractivity contribution is 5.81. The van der Waals surface area contributed by atoms with Crippen LogP contribution in [0.5, 0.6) is 0 Å². The van der Waals surface area contributed by atoms with Gasteiger partial charge < -0.3 is 19.5 Å². The van der Waals surface area contributed by atoms with Gasteiger partial charge in [0.1, 0.15) is 23.6 Å². The summed E-state index contributed by atoms with van der Waals surface area (Å²) in [7, 11) is 0. The van der Waals surface area contributed by atoms with E-state index in [1.54, 1.807) is 6.07 Å². The molecule has 4 heterocycles. The number of anilines is 2. The molecule has 1 aliphatic heterocycles. The van der Waals surface area contributed by atoms with Gasteiger partial charge in [-0.1, -0.05) is 6.07 Å². The maximum atomic E-state index is 10.9. The number of fused-ring (bicyclic) bond motifs is 1. The summed E-state index contributed by atoms with van der Waals surface area (Å²) in [5.74, 6) is 1.42. The van der Waals surface area contributed by atoms with E-state index in [1.807, 2.05) is 21.6 Å². The summed E-state index contributed by atoms with van der Waals surface area (Å²) in [5, 5.41) is 21.4. The van der Waals surface area contributed by atoms with Crippen molar-refractivity contribution in [2.24, 2.45) is 0 Å². The highest BCUT2D eigenvalue weighted by atomic mass is 16.4. The summed E-state index contributed by atoms with van der Waals surface area (Å²) in [4.78, 5) is 25.8. The van der Waals surface area contributed by atoms with Crippen LogP contribution in [-0.4, -0.2) is 48.3 Å². The molecule has 2 atom stereocenters. The molecule has 2 fully saturated rings. The van der Waals surface area contributed by atoms with Crippen LogP contribution in [0, 0.1) is 0 Å². The monoisotopic (exact) mass is 380 g/mol. The number of aliphatic hydroxyl groups is 1. The fourth-order valence-electron chi connectivity index (χ4n) is 3.88. The van der Waals surface area contributed by atoms with E-state index in [2.05, 4.69) is 27.5 Å². The Hall–Kier alpha value is -3.20. The molecule has 1 saturated heterocycles. The van der Waals surface area contributed by atoms with Crippen LogP contribution in [0.4, 0.5) is 16.4 Å². The van der Waals surface area contributed by atoms with Crippen molar-refractivity contribution in [1.82, 2.24) is 19.4 Å². The van der Waals surface area contributed by atoms with E-state index in [-0.39, 0.29) is 11.9 Å². The average molecular weight is 380 g/mol. The summed E-state index contributed by atoms with van der Waals surface area (Å²) >= 11 is 0. The Bertz CT molecular complexity index is 1050. The number of β-amino-alcohol motifs (C(OH)–C–C–N with tert-alkyl or cyclic N) is 1. The number of hydrogen-bond donors (Lipinski definition) is 3. The Balaban J connectivity index is 1.48. The lowest BCUT2D eigenvalue weighted by atomic mass is 10.1. The number of nitrogens with one attached hydrogen (secondary N) is 1. The predicted molar refractivity (Wildman–Crippen MR) is 102 cm³/mol. The first-order chi connectivity index (χ1) is 13.6. The van der Waals surface area contributed by atoms with Crippen molar-refractivity contribution >= 4 is 23.4 Å². The minimum atomic E-state index is -1.19. The van der Waals surface area contributed by atoms with Gasteiger partial charge in [-0.3, -0.25) is 5.32 Å². The van der Waals surface area contributed by atoms with E-state index in [4.69, 9.17) is 10.1 Å². The van der Waals surface area contributed by atoms with Crippen molar-refractivity contribution in [3.8, 4) is 0 Å². The lowest BCUT2D eigenvalue weighted by Gasteiger charge is -2.24. The maximum Gasteiger partial charge on any atom is 0.410 e. The largest absolute Gasteiger partial charge is 0.465 e. The quantitative estimate of drug-likeness (QED) is 0.636. The second-order valence-corrected chi connectivity index (χ2v) is 7.42. The van der Waals surface area contributed by atoms with E-state index in [9.17, 15) is 9.90 Å². The van der Waals surface area contributed by atoms with E-state index < -0.39 is 12.2 Å². The van der Waals surface area contributed by atoms with Gasteiger partial charge >= 0.3 is 6.09 Å². The zero-order valence-corrected chi connectivity index (χ0v) is 15.1. The second kappa shape index (κ2) is 6.45. The van der Waals surface area contributed by atoms with E-state index in [1.165, 1.54) is 24.7 Å². The summed E-state index contributed by atoms with van der Waals surface area (Å²) in [6.45, 7) is 0.398. The Kier molecular flexibility index (Phi) is 3.90. The first kappa shape index (κ1) is 16.9. The molecule has 28 heavy (non-hydrogen) atoms. The van der Waals surface area contributed by atoms with Gasteiger partial charge in [0, 0.05) is 31.4 Å². The molecule has 3 aromatic heterocycles. The molecule has 0 bridgehead atoms. The minimum Gasteiger partial charge on any atom is -0.465 e. The Morgan fingerprint density at radius 1 is 1.21 bits per heavy atom. The number of hydrogen-bond acceptors (Lipinski definition) is 6. The van der Waals surface area contributed by atoms with Crippen LogP contribution >= 0.6 is 0 Å². The number of carboxylic acid groups (broad SMARTS) is 1. The predicted octanol–water partition coefficient (Wildman–Crippen LogP) is 2.40. The zero-order valence-electron chi connectivity index (χ0n) is 15.1. The smallest absolute Gasteiger partial charge is 0.410 e. The first-order valence-electron chi connectivity index (χ1n) is 9.32. The molecule has 0 spiro atoms. The lowest BCUT2D eigenvalue weighted by molar-refractivity contribution is 0.194. The number of amides is 1. The third-order valence-electron chi connectivity index (χ3n) is 5.34. The van der Waals surface area contributed by atoms with E-state index in [0.29, 0.717) is 24.7 Å². The van der Waals surface area contributed by atoms with Crippen LogP contribution < -0.4 is 10.2 Å². The summed E-state index contributed by atoms with van der Waals surface area (Å²) < 4.78 is 2.04.